The van der Waals surface area contributed by atoms with Gasteiger partial charge in [-0.05, 0) is 51.7 Å². The quantitative estimate of drug-likeness (QED) is 0.694. The van der Waals surface area contributed by atoms with Crippen LogP contribution in [0.2, 0.25) is 0 Å². The standard InChI is InChI=1S/C12H24N2O/c1-2-8-14(7-1)9-4-10-15-12-5-3-6-13-11-12/h12-13H,1-11H2/t12-/m0/s1. The molecule has 0 spiro atoms. The monoisotopic (exact) mass is 212 g/mol. The lowest BCUT2D eigenvalue weighted by molar-refractivity contribution is 0.0325. The predicted molar refractivity (Wildman–Crippen MR) is 62.1 cm³/mol. The van der Waals surface area contributed by atoms with Crippen molar-refractivity contribution in [1.29, 1.82) is 0 Å². The molecule has 0 radical (unpaired) electrons. The highest BCUT2D eigenvalue weighted by Crippen LogP contribution is 2.09. The van der Waals surface area contributed by atoms with Crippen LogP contribution in [0.5, 0.6) is 0 Å². The second-order valence-corrected chi connectivity index (χ2v) is 4.74. The van der Waals surface area contributed by atoms with E-state index in [2.05, 4.69) is 10.2 Å². The van der Waals surface area contributed by atoms with E-state index < -0.39 is 0 Å². The lowest BCUT2D eigenvalue weighted by Gasteiger charge is -2.23. The van der Waals surface area contributed by atoms with E-state index >= 15 is 0 Å². The molecular formula is C12H24N2O. The molecule has 2 aliphatic heterocycles. The zero-order valence-corrected chi connectivity index (χ0v) is 9.71. The molecule has 1 N–H and O–H groups in total. The highest BCUT2D eigenvalue weighted by atomic mass is 16.5. The first-order valence-corrected chi connectivity index (χ1v) is 6.50. The number of nitrogens with zero attached hydrogens (tertiary/aromatic N) is 1. The van der Waals surface area contributed by atoms with Crippen LogP contribution in [-0.2, 0) is 4.74 Å². The minimum Gasteiger partial charge on any atom is -0.377 e. The van der Waals surface area contributed by atoms with Gasteiger partial charge >= 0.3 is 0 Å². The van der Waals surface area contributed by atoms with Crippen molar-refractivity contribution in [2.24, 2.45) is 0 Å². The Morgan fingerprint density at radius 2 is 2.07 bits per heavy atom. The summed E-state index contributed by atoms with van der Waals surface area (Å²) < 4.78 is 5.85. The molecule has 0 aliphatic carbocycles. The first-order valence-electron chi connectivity index (χ1n) is 6.50. The van der Waals surface area contributed by atoms with Crippen molar-refractivity contribution in [3.8, 4) is 0 Å². The summed E-state index contributed by atoms with van der Waals surface area (Å²) in [7, 11) is 0. The highest BCUT2D eigenvalue weighted by molar-refractivity contribution is 4.69. The van der Waals surface area contributed by atoms with Gasteiger partial charge in [-0.2, -0.15) is 0 Å². The van der Waals surface area contributed by atoms with E-state index in [1.54, 1.807) is 0 Å². The Kier molecular flexibility index (Phi) is 4.90. The zero-order chi connectivity index (χ0) is 10.3. The molecule has 3 heteroatoms. The van der Waals surface area contributed by atoms with Crippen LogP contribution >= 0.6 is 0 Å². The number of rotatable bonds is 5. The third kappa shape index (κ3) is 4.09. The summed E-state index contributed by atoms with van der Waals surface area (Å²) in [5, 5.41) is 3.38. The minimum absolute atomic E-state index is 0.484. The molecule has 2 aliphatic rings. The van der Waals surface area contributed by atoms with Crippen molar-refractivity contribution in [1.82, 2.24) is 10.2 Å². The molecule has 2 heterocycles. The summed E-state index contributed by atoms with van der Waals surface area (Å²) in [4.78, 5) is 2.56. The van der Waals surface area contributed by atoms with Crippen LogP contribution in [-0.4, -0.2) is 50.3 Å². The van der Waals surface area contributed by atoms with Gasteiger partial charge < -0.3 is 15.0 Å². The summed E-state index contributed by atoms with van der Waals surface area (Å²) in [5.74, 6) is 0. The van der Waals surface area contributed by atoms with Crippen LogP contribution in [0.4, 0.5) is 0 Å². The van der Waals surface area contributed by atoms with Gasteiger partial charge in [-0.1, -0.05) is 0 Å². The van der Waals surface area contributed by atoms with Gasteiger partial charge in [-0.3, -0.25) is 0 Å². The van der Waals surface area contributed by atoms with Gasteiger partial charge in [0.2, 0.25) is 0 Å². The van der Waals surface area contributed by atoms with Crippen molar-refractivity contribution >= 4 is 0 Å². The van der Waals surface area contributed by atoms with Gasteiger partial charge in [0, 0.05) is 19.7 Å². The van der Waals surface area contributed by atoms with Crippen molar-refractivity contribution in [2.45, 2.75) is 38.2 Å². The smallest absolute Gasteiger partial charge is 0.0699 e. The van der Waals surface area contributed by atoms with E-state index in [-0.39, 0.29) is 0 Å². The normalized spacial score (nSPS) is 28.4. The average molecular weight is 212 g/mol. The summed E-state index contributed by atoms with van der Waals surface area (Å²) in [6.45, 7) is 7.04. The van der Waals surface area contributed by atoms with E-state index in [0.717, 1.165) is 13.2 Å². The topological polar surface area (TPSA) is 24.5 Å². The maximum atomic E-state index is 5.85. The summed E-state index contributed by atoms with van der Waals surface area (Å²) in [5.41, 5.74) is 0. The summed E-state index contributed by atoms with van der Waals surface area (Å²) >= 11 is 0. The lowest BCUT2D eigenvalue weighted by atomic mass is 10.1. The van der Waals surface area contributed by atoms with Crippen molar-refractivity contribution in [2.75, 3.05) is 39.3 Å². The largest absolute Gasteiger partial charge is 0.377 e. The average Bonchev–Trinajstić information content (AvgIpc) is 2.79. The van der Waals surface area contributed by atoms with Crippen LogP contribution in [0.3, 0.4) is 0 Å². The molecule has 2 saturated heterocycles. The fourth-order valence-corrected chi connectivity index (χ4v) is 2.51. The Bertz CT molecular complexity index is 163. The Morgan fingerprint density at radius 1 is 1.20 bits per heavy atom. The Labute approximate surface area is 93.2 Å². The number of ether oxygens (including phenoxy) is 1. The van der Waals surface area contributed by atoms with Crippen LogP contribution in [0.25, 0.3) is 0 Å². The van der Waals surface area contributed by atoms with E-state index in [0.29, 0.717) is 6.10 Å². The fourth-order valence-electron chi connectivity index (χ4n) is 2.51. The fraction of sp³-hybridized carbons (Fsp3) is 1.00. The number of hydrogen-bond acceptors (Lipinski definition) is 3. The molecular weight excluding hydrogens is 188 g/mol. The molecule has 1 atom stereocenters. The first kappa shape index (κ1) is 11.4. The number of likely N-dealkylation sites (tertiary alicyclic amines) is 1. The summed E-state index contributed by atoms with van der Waals surface area (Å²) in [6.07, 6.45) is 7.00. The van der Waals surface area contributed by atoms with Gasteiger partial charge in [0.1, 0.15) is 0 Å². The number of piperidine rings is 1. The third-order valence-corrected chi connectivity index (χ3v) is 3.42. The number of hydrogen-bond donors (Lipinski definition) is 1. The van der Waals surface area contributed by atoms with E-state index in [9.17, 15) is 0 Å². The SMILES string of the molecule is C1CNC[C@@H](OCCCN2CCCC2)C1. The van der Waals surface area contributed by atoms with Crippen molar-refractivity contribution in [3.63, 3.8) is 0 Å². The molecule has 2 rings (SSSR count). The van der Waals surface area contributed by atoms with Crippen LogP contribution in [0.15, 0.2) is 0 Å². The molecule has 0 saturated carbocycles. The van der Waals surface area contributed by atoms with Crippen LogP contribution in [0, 0.1) is 0 Å². The number of nitrogens with one attached hydrogen (secondary N) is 1. The minimum atomic E-state index is 0.484. The van der Waals surface area contributed by atoms with Gasteiger partial charge in [0.25, 0.3) is 0 Å². The molecule has 0 aromatic carbocycles. The van der Waals surface area contributed by atoms with Gasteiger partial charge in [-0.15, -0.1) is 0 Å². The second kappa shape index (κ2) is 6.46. The van der Waals surface area contributed by atoms with E-state index in [1.807, 2.05) is 0 Å². The molecule has 0 amide bonds. The Morgan fingerprint density at radius 3 is 2.80 bits per heavy atom. The molecule has 0 aromatic heterocycles. The van der Waals surface area contributed by atoms with E-state index in [1.165, 1.54) is 58.3 Å². The molecule has 15 heavy (non-hydrogen) atoms. The van der Waals surface area contributed by atoms with Crippen molar-refractivity contribution in [3.05, 3.63) is 0 Å². The first-order chi connectivity index (χ1) is 7.45. The van der Waals surface area contributed by atoms with E-state index in [4.69, 9.17) is 4.74 Å². The third-order valence-electron chi connectivity index (χ3n) is 3.42. The zero-order valence-electron chi connectivity index (χ0n) is 9.71. The molecule has 0 aromatic rings. The molecule has 2 fully saturated rings. The second-order valence-electron chi connectivity index (χ2n) is 4.74. The molecule has 0 bridgehead atoms. The maximum Gasteiger partial charge on any atom is 0.0699 e. The van der Waals surface area contributed by atoms with Crippen molar-refractivity contribution < 1.29 is 4.74 Å². The Hall–Kier alpha value is -0.120. The molecule has 3 nitrogen and oxygen atoms in total. The lowest BCUT2D eigenvalue weighted by Crippen LogP contribution is -2.35. The highest BCUT2D eigenvalue weighted by Gasteiger charge is 2.14. The molecule has 0 unspecified atom stereocenters. The van der Waals surface area contributed by atoms with Gasteiger partial charge in [0.15, 0.2) is 0 Å². The molecule has 88 valence electrons. The summed E-state index contributed by atoms with van der Waals surface area (Å²) in [6, 6.07) is 0. The van der Waals surface area contributed by atoms with Gasteiger partial charge in [-0.25, -0.2) is 0 Å². The maximum absolute atomic E-state index is 5.85. The van der Waals surface area contributed by atoms with Crippen LogP contribution in [0.1, 0.15) is 32.1 Å². The van der Waals surface area contributed by atoms with Gasteiger partial charge in [0.05, 0.1) is 6.10 Å². The predicted octanol–water partition coefficient (Wildman–Crippen LogP) is 1.24. The Balaban J connectivity index is 1.47. The van der Waals surface area contributed by atoms with Crippen LogP contribution < -0.4 is 5.32 Å².